The van der Waals surface area contributed by atoms with Gasteiger partial charge in [0.05, 0.1) is 4.92 Å². The Labute approximate surface area is 202 Å². The summed E-state index contributed by atoms with van der Waals surface area (Å²) >= 11 is 6.29. The average molecular weight is 481 g/mol. The minimum Gasteiger partial charge on any atom is -0.484 e. The zero-order valence-corrected chi connectivity index (χ0v) is 19.3. The van der Waals surface area contributed by atoms with Gasteiger partial charge in [-0.3, -0.25) is 19.8 Å². The van der Waals surface area contributed by atoms with E-state index in [0.29, 0.717) is 11.4 Å². The summed E-state index contributed by atoms with van der Waals surface area (Å²) in [5.41, 5.74) is 2.91. The first-order valence-corrected chi connectivity index (χ1v) is 11.3. The third-order valence-electron chi connectivity index (χ3n) is 5.66. The number of ether oxygens (including phenoxy) is 1. The maximum atomic E-state index is 12.2. The van der Waals surface area contributed by atoms with Gasteiger partial charge in [-0.25, -0.2) is 0 Å². The lowest BCUT2D eigenvalue weighted by molar-refractivity contribution is -0.384. The molecule has 34 heavy (non-hydrogen) atoms. The van der Waals surface area contributed by atoms with Crippen LogP contribution in [0, 0.1) is 10.1 Å². The number of nitrogens with one attached hydrogen (secondary N) is 1. The number of benzene rings is 3. The minimum atomic E-state index is -0.485. The fourth-order valence-electron chi connectivity index (χ4n) is 3.80. The molecule has 1 saturated heterocycles. The van der Waals surface area contributed by atoms with Crippen LogP contribution in [-0.4, -0.2) is 48.5 Å². The van der Waals surface area contributed by atoms with Crippen molar-refractivity contribution in [1.29, 1.82) is 0 Å². The molecular weight excluding hydrogens is 456 g/mol. The number of carbonyl (C=O) groups is 1. The SMILES string of the molecule is O=C(COc1ccc([N+](=O)[O-])cc1)Nc1ccc(N2CCN(Cc3ccccc3Cl)CC2)cc1. The number of nitrogens with zero attached hydrogens (tertiary/aromatic N) is 3. The number of halogens is 1. The summed E-state index contributed by atoms with van der Waals surface area (Å²) in [4.78, 5) is 27.1. The van der Waals surface area contributed by atoms with Crippen molar-refractivity contribution >= 4 is 34.6 Å². The van der Waals surface area contributed by atoms with E-state index in [-0.39, 0.29) is 18.2 Å². The van der Waals surface area contributed by atoms with E-state index >= 15 is 0 Å². The zero-order chi connectivity index (χ0) is 23.9. The predicted octanol–water partition coefficient (Wildman–Crippen LogP) is 4.59. The van der Waals surface area contributed by atoms with E-state index in [4.69, 9.17) is 16.3 Å². The van der Waals surface area contributed by atoms with Crippen LogP contribution in [0.2, 0.25) is 5.02 Å². The molecule has 1 amide bonds. The fraction of sp³-hybridized carbons (Fsp3) is 0.240. The second-order valence-electron chi connectivity index (χ2n) is 7.99. The van der Waals surface area contributed by atoms with Crippen LogP contribution < -0.4 is 15.0 Å². The molecule has 1 aliphatic rings. The molecule has 8 nitrogen and oxygen atoms in total. The predicted molar refractivity (Wildman–Crippen MR) is 133 cm³/mol. The van der Waals surface area contributed by atoms with Crippen molar-refractivity contribution < 1.29 is 14.5 Å². The van der Waals surface area contributed by atoms with Crippen LogP contribution in [0.1, 0.15) is 5.56 Å². The van der Waals surface area contributed by atoms with Crippen molar-refractivity contribution in [3.8, 4) is 5.75 Å². The largest absolute Gasteiger partial charge is 0.484 e. The molecule has 4 rings (SSSR count). The summed E-state index contributed by atoms with van der Waals surface area (Å²) in [6.45, 7) is 4.39. The van der Waals surface area contributed by atoms with Crippen molar-refractivity contribution in [1.82, 2.24) is 4.90 Å². The van der Waals surface area contributed by atoms with E-state index in [1.165, 1.54) is 24.3 Å². The summed E-state index contributed by atoms with van der Waals surface area (Å²) in [5, 5.41) is 14.3. The molecule has 0 spiro atoms. The molecule has 0 radical (unpaired) electrons. The van der Waals surface area contributed by atoms with Crippen LogP contribution in [0.25, 0.3) is 0 Å². The number of nitro benzene ring substituents is 1. The van der Waals surface area contributed by atoms with Gasteiger partial charge >= 0.3 is 0 Å². The number of nitro groups is 1. The Bertz CT molecular complexity index is 1130. The fourth-order valence-corrected chi connectivity index (χ4v) is 3.99. The van der Waals surface area contributed by atoms with Crippen LogP contribution >= 0.6 is 11.6 Å². The lowest BCUT2D eigenvalue weighted by Gasteiger charge is -2.36. The minimum absolute atomic E-state index is 0.0288. The highest BCUT2D eigenvalue weighted by atomic mass is 35.5. The summed E-state index contributed by atoms with van der Waals surface area (Å²) in [6.07, 6.45) is 0. The van der Waals surface area contributed by atoms with Gasteiger partial charge < -0.3 is 15.0 Å². The van der Waals surface area contributed by atoms with E-state index in [0.717, 1.165) is 49.0 Å². The molecule has 176 valence electrons. The van der Waals surface area contributed by atoms with E-state index in [1.807, 2.05) is 42.5 Å². The molecule has 1 heterocycles. The van der Waals surface area contributed by atoms with E-state index < -0.39 is 4.92 Å². The topological polar surface area (TPSA) is 87.9 Å². The van der Waals surface area contributed by atoms with Crippen LogP contribution in [-0.2, 0) is 11.3 Å². The maximum absolute atomic E-state index is 12.2. The van der Waals surface area contributed by atoms with Crippen molar-refractivity contribution in [2.75, 3.05) is 43.0 Å². The highest BCUT2D eigenvalue weighted by Gasteiger charge is 2.18. The number of non-ortho nitro benzene ring substituents is 1. The van der Waals surface area contributed by atoms with Gasteiger partial charge in [0.15, 0.2) is 6.61 Å². The quantitative estimate of drug-likeness (QED) is 0.375. The third-order valence-corrected chi connectivity index (χ3v) is 6.03. The van der Waals surface area contributed by atoms with Gasteiger partial charge in [-0.2, -0.15) is 0 Å². The van der Waals surface area contributed by atoms with Crippen LogP contribution in [0.4, 0.5) is 17.1 Å². The monoisotopic (exact) mass is 480 g/mol. The normalized spacial score (nSPS) is 14.0. The van der Waals surface area contributed by atoms with E-state index in [1.54, 1.807) is 0 Å². The van der Waals surface area contributed by atoms with E-state index in [2.05, 4.69) is 21.2 Å². The number of piperazine rings is 1. The summed E-state index contributed by atoms with van der Waals surface area (Å²) in [5.74, 6) is 0.0871. The molecule has 1 fully saturated rings. The van der Waals surface area contributed by atoms with Gasteiger partial charge in [0.25, 0.3) is 11.6 Å². The second-order valence-corrected chi connectivity index (χ2v) is 8.40. The Morgan fingerprint density at radius 3 is 2.29 bits per heavy atom. The number of amides is 1. The molecule has 0 atom stereocenters. The summed E-state index contributed by atoms with van der Waals surface area (Å²) in [7, 11) is 0. The number of anilines is 2. The highest BCUT2D eigenvalue weighted by Crippen LogP contribution is 2.22. The van der Waals surface area contributed by atoms with Crippen molar-refractivity contribution in [2.24, 2.45) is 0 Å². The van der Waals surface area contributed by atoms with Crippen molar-refractivity contribution in [2.45, 2.75) is 6.54 Å². The Hall–Kier alpha value is -3.62. The first kappa shape index (κ1) is 23.5. The maximum Gasteiger partial charge on any atom is 0.269 e. The van der Waals surface area contributed by atoms with E-state index in [9.17, 15) is 14.9 Å². The Kier molecular flexibility index (Phi) is 7.61. The Morgan fingerprint density at radius 1 is 0.971 bits per heavy atom. The number of carbonyl (C=O) groups excluding carboxylic acids is 1. The van der Waals surface area contributed by atoms with Crippen LogP contribution in [0.15, 0.2) is 72.8 Å². The molecular formula is C25H25ClN4O4. The molecule has 9 heteroatoms. The van der Waals surface area contributed by atoms with Crippen molar-refractivity contribution in [3.63, 3.8) is 0 Å². The molecule has 0 bridgehead atoms. The molecule has 3 aromatic carbocycles. The van der Waals surface area contributed by atoms with Gasteiger partial charge in [0.2, 0.25) is 0 Å². The van der Waals surface area contributed by atoms with Crippen molar-refractivity contribution in [3.05, 3.63) is 93.5 Å². The highest BCUT2D eigenvalue weighted by molar-refractivity contribution is 6.31. The first-order valence-electron chi connectivity index (χ1n) is 11.0. The number of hydrogen-bond donors (Lipinski definition) is 1. The third kappa shape index (κ3) is 6.24. The van der Waals surface area contributed by atoms with Crippen LogP contribution in [0.5, 0.6) is 5.75 Å². The smallest absolute Gasteiger partial charge is 0.269 e. The molecule has 0 aliphatic carbocycles. The number of rotatable bonds is 8. The Morgan fingerprint density at radius 2 is 1.65 bits per heavy atom. The summed E-state index contributed by atoms with van der Waals surface area (Å²) in [6, 6.07) is 21.3. The lowest BCUT2D eigenvalue weighted by atomic mass is 10.2. The van der Waals surface area contributed by atoms with Gasteiger partial charge in [0.1, 0.15) is 5.75 Å². The molecule has 1 N–H and O–H groups in total. The molecule has 0 unspecified atom stereocenters. The van der Waals surface area contributed by atoms with Gasteiger partial charge in [-0.15, -0.1) is 0 Å². The average Bonchev–Trinajstić information content (AvgIpc) is 2.85. The number of hydrogen-bond acceptors (Lipinski definition) is 6. The second kappa shape index (κ2) is 11.0. The van der Waals surface area contributed by atoms with Gasteiger partial charge in [0, 0.05) is 61.3 Å². The molecule has 0 saturated carbocycles. The summed E-state index contributed by atoms with van der Waals surface area (Å²) < 4.78 is 5.40. The Balaban J connectivity index is 1.22. The lowest BCUT2D eigenvalue weighted by Crippen LogP contribution is -2.46. The van der Waals surface area contributed by atoms with Gasteiger partial charge in [-0.05, 0) is 48.0 Å². The molecule has 0 aromatic heterocycles. The molecule has 3 aromatic rings. The van der Waals surface area contributed by atoms with Gasteiger partial charge in [-0.1, -0.05) is 29.8 Å². The van der Waals surface area contributed by atoms with Crippen LogP contribution in [0.3, 0.4) is 0 Å². The first-order chi connectivity index (χ1) is 16.5. The standard InChI is InChI=1S/C25H25ClN4O4/c26-24-4-2-1-3-19(24)17-28-13-15-29(16-14-28)21-7-5-20(6-8-21)27-25(31)18-34-23-11-9-22(10-12-23)30(32)33/h1-12H,13-18H2,(H,27,31). The molecule has 1 aliphatic heterocycles. The zero-order valence-electron chi connectivity index (χ0n) is 18.5.